The van der Waals surface area contributed by atoms with E-state index in [0.29, 0.717) is 11.7 Å². The van der Waals surface area contributed by atoms with Crippen molar-refractivity contribution in [2.45, 2.75) is 19.0 Å². The van der Waals surface area contributed by atoms with E-state index in [1.54, 1.807) is 0 Å². The SMILES string of the molecule is O=Cc1cc2c3c(ccc2[nH]1)CN(C1CN(CCO)C1)CC3. The molecule has 0 spiro atoms. The van der Waals surface area contributed by atoms with Crippen molar-refractivity contribution in [3.8, 4) is 0 Å². The molecule has 2 aliphatic rings. The number of aromatic nitrogens is 1. The number of fused-ring (bicyclic) bond motifs is 3. The normalized spacial score (nSPS) is 20.0. The quantitative estimate of drug-likeness (QED) is 0.828. The van der Waals surface area contributed by atoms with Crippen molar-refractivity contribution < 1.29 is 9.90 Å². The Morgan fingerprint density at radius 1 is 1.36 bits per heavy atom. The lowest BCUT2D eigenvalue weighted by Gasteiger charge is -2.47. The zero-order valence-corrected chi connectivity index (χ0v) is 12.6. The fourth-order valence-electron chi connectivity index (χ4n) is 3.80. The number of aliphatic hydroxyl groups excluding tert-OH is 1. The van der Waals surface area contributed by atoms with E-state index in [9.17, 15) is 4.79 Å². The number of nitrogens with zero attached hydrogens (tertiary/aromatic N) is 2. The number of carbonyl (C=O) groups excluding carboxylic acids is 1. The first-order chi connectivity index (χ1) is 10.8. The van der Waals surface area contributed by atoms with Crippen LogP contribution in [0.3, 0.4) is 0 Å². The van der Waals surface area contributed by atoms with Gasteiger partial charge in [0, 0.05) is 49.7 Å². The molecule has 0 saturated carbocycles. The van der Waals surface area contributed by atoms with Crippen LogP contribution in [-0.2, 0) is 13.0 Å². The number of rotatable bonds is 4. The minimum atomic E-state index is 0.250. The summed E-state index contributed by atoms with van der Waals surface area (Å²) in [5.74, 6) is 0. The number of likely N-dealkylation sites (tertiary alicyclic amines) is 1. The Morgan fingerprint density at radius 2 is 2.23 bits per heavy atom. The summed E-state index contributed by atoms with van der Waals surface area (Å²) in [5.41, 5.74) is 4.50. The van der Waals surface area contributed by atoms with Crippen molar-refractivity contribution in [3.63, 3.8) is 0 Å². The van der Waals surface area contributed by atoms with Gasteiger partial charge in [-0.15, -0.1) is 0 Å². The van der Waals surface area contributed by atoms with E-state index in [2.05, 4.69) is 26.9 Å². The lowest BCUT2D eigenvalue weighted by molar-refractivity contribution is 0.0170. The highest BCUT2D eigenvalue weighted by Gasteiger charge is 2.33. The Morgan fingerprint density at radius 3 is 3.00 bits per heavy atom. The van der Waals surface area contributed by atoms with Crippen molar-refractivity contribution in [1.82, 2.24) is 14.8 Å². The lowest BCUT2D eigenvalue weighted by Crippen LogP contribution is -2.60. The molecular formula is C17H21N3O2. The van der Waals surface area contributed by atoms with E-state index in [1.807, 2.05) is 6.07 Å². The maximum Gasteiger partial charge on any atom is 0.166 e. The molecule has 1 aromatic heterocycles. The van der Waals surface area contributed by atoms with Gasteiger partial charge in [0.1, 0.15) is 0 Å². The van der Waals surface area contributed by atoms with Crippen molar-refractivity contribution >= 4 is 17.2 Å². The van der Waals surface area contributed by atoms with E-state index in [4.69, 9.17) is 5.11 Å². The van der Waals surface area contributed by atoms with Crippen LogP contribution < -0.4 is 0 Å². The topological polar surface area (TPSA) is 59.6 Å². The number of hydrogen-bond donors (Lipinski definition) is 2. The predicted octanol–water partition coefficient (Wildman–Crippen LogP) is 1.01. The number of aliphatic hydroxyl groups is 1. The molecule has 2 aromatic rings. The molecule has 1 aromatic carbocycles. The molecule has 5 nitrogen and oxygen atoms in total. The average Bonchev–Trinajstić information content (AvgIpc) is 2.93. The maximum atomic E-state index is 11.0. The van der Waals surface area contributed by atoms with Gasteiger partial charge in [0.15, 0.2) is 6.29 Å². The molecule has 3 heterocycles. The van der Waals surface area contributed by atoms with Gasteiger partial charge in [-0.05, 0) is 29.7 Å². The van der Waals surface area contributed by atoms with E-state index in [1.165, 1.54) is 16.5 Å². The average molecular weight is 299 g/mol. The minimum absolute atomic E-state index is 0.250. The van der Waals surface area contributed by atoms with Crippen LogP contribution in [0.2, 0.25) is 0 Å². The van der Waals surface area contributed by atoms with Crippen LogP contribution in [0, 0.1) is 0 Å². The molecule has 0 unspecified atom stereocenters. The molecular weight excluding hydrogens is 278 g/mol. The Hall–Kier alpha value is -1.69. The number of hydrogen-bond acceptors (Lipinski definition) is 4. The van der Waals surface area contributed by atoms with Crippen LogP contribution in [0.5, 0.6) is 0 Å². The van der Waals surface area contributed by atoms with Gasteiger partial charge >= 0.3 is 0 Å². The Bertz CT molecular complexity index is 703. The summed E-state index contributed by atoms with van der Waals surface area (Å²) in [6, 6.07) is 6.87. The monoisotopic (exact) mass is 299 g/mol. The van der Waals surface area contributed by atoms with Crippen LogP contribution in [0.4, 0.5) is 0 Å². The minimum Gasteiger partial charge on any atom is -0.395 e. The van der Waals surface area contributed by atoms with Gasteiger partial charge in [0.2, 0.25) is 0 Å². The summed E-state index contributed by atoms with van der Waals surface area (Å²) in [6.07, 6.45) is 1.92. The summed E-state index contributed by atoms with van der Waals surface area (Å²) in [5, 5.41) is 10.2. The first-order valence-corrected chi connectivity index (χ1v) is 7.94. The largest absolute Gasteiger partial charge is 0.395 e. The van der Waals surface area contributed by atoms with Crippen LogP contribution in [0.25, 0.3) is 10.9 Å². The third kappa shape index (κ3) is 2.26. The number of H-pyrrole nitrogens is 1. The Kier molecular flexibility index (Phi) is 3.48. The van der Waals surface area contributed by atoms with Crippen LogP contribution in [-0.4, -0.2) is 65.0 Å². The molecule has 5 heteroatoms. The molecule has 0 aliphatic carbocycles. The number of nitrogens with one attached hydrogen (secondary N) is 1. The molecule has 0 bridgehead atoms. The molecule has 1 saturated heterocycles. The molecule has 4 rings (SSSR count). The van der Waals surface area contributed by atoms with E-state index in [0.717, 1.165) is 50.9 Å². The van der Waals surface area contributed by atoms with Gasteiger partial charge in [0.25, 0.3) is 0 Å². The maximum absolute atomic E-state index is 11.0. The standard InChI is InChI=1S/C17H21N3O2/c21-6-5-19-9-14(10-19)20-4-3-15-12(8-20)1-2-17-16(15)7-13(11-22)18-17/h1-2,7,11,14,18,21H,3-6,8-10H2. The van der Waals surface area contributed by atoms with Gasteiger partial charge < -0.3 is 10.1 Å². The molecule has 2 aliphatic heterocycles. The molecule has 116 valence electrons. The van der Waals surface area contributed by atoms with E-state index < -0.39 is 0 Å². The second-order valence-corrected chi connectivity index (χ2v) is 6.36. The number of benzene rings is 1. The highest BCUT2D eigenvalue weighted by molar-refractivity contribution is 5.91. The second kappa shape index (κ2) is 5.50. The van der Waals surface area contributed by atoms with Crippen LogP contribution in [0.15, 0.2) is 18.2 Å². The zero-order chi connectivity index (χ0) is 15.1. The van der Waals surface area contributed by atoms with Crippen molar-refractivity contribution in [2.75, 3.05) is 32.8 Å². The fourth-order valence-corrected chi connectivity index (χ4v) is 3.80. The van der Waals surface area contributed by atoms with Crippen molar-refractivity contribution in [3.05, 3.63) is 35.0 Å². The number of carbonyl (C=O) groups is 1. The van der Waals surface area contributed by atoms with E-state index >= 15 is 0 Å². The molecule has 0 amide bonds. The number of aldehydes is 1. The van der Waals surface area contributed by atoms with Crippen LogP contribution in [0.1, 0.15) is 21.6 Å². The number of β-amino-alcohol motifs (C(OH)–C–C–N with tert-alkyl or cyclic N) is 1. The highest BCUT2D eigenvalue weighted by Crippen LogP contribution is 2.30. The molecule has 0 radical (unpaired) electrons. The van der Waals surface area contributed by atoms with E-state index in [-0.39, 0.29) is 6.61 Å². The predicted molar refractivity (Wildman–Crippen MR) is 85.1 cm³/mol. The Balaban J connectivity index is 1.53. The van der Waals surface area contributed by atoms with Crippen LogP contribution >= 0.6 is 0 Å². The highest BCUT2D eigenvalue weighted by atomic mass is 16.3. The van der Waals surface area contributed by atoms with Crippen molar-refractivity contribution in [1.29, 1.82) is 0 Å². The third-order valence-electron chi connectivity index (χ3n) is 5.05. The van der Waals surface area contributed by atoms with Gasteiger partial charge in [-0.1, -0.05) is 6.07 Å². The summed E-state index contributed by atoms with van der Waals surface area (Å²) in [6.45, 7) is 5.24. The molecule has 1 fully saturated rings. The fraction of sp³-hybridized carbons (Fsp3) is 0.471. The number of aromatic amines is 1. The first-order valence-electron chi connectivity index (χ1n) is 7.94. The third-order valence-corrected chi connectivity index (χ3v) is 5.05. The summed E-state index contributed by atoms with van der Waals surface area (Å²) in [7, 11) is 0. The smallest absolute Gasteiger partial charge is 0.166 e. The zero-order valence-electron chi connectivity index (χ0n) is 12.6. The summed E-state index contributed by atoms with van der Waals surface area (Å²) in [4.78, 5) is 19.0. The van der Waals surface area contributed by atoms with Gasteiger partial charge in [-0.3, -0.25) is 14.6 Å². The van der Waals surface area contributed by atoms with Gasteiger partial charge in [-0.25, -0.2) is 0 Å². The molecule has 22 heavy (non-hydrogen) atoms. The van der Waals surface area contributed by atoms with Gasteiger partial charge in [-0.2, -0.15) is 0 Å². The lowest BCUT2D eigenvalue weighted by atomic mass is 9.94. The summed E-state index contributed by atoms with van der Waals surface area (Å²) >= 11 is 0. The van der Waals surface area contributed by atoms with Gasteiger partial charge in [0.05, 0.1) is 12.3 Å². The Labute approximate surface area is 129 Å². The molecule has 2 N–H and O–H groups in total. The molecule has 0 atom stereocenters. The second-order valence-electron chi connectivity index (χ2n) is 6.36. The van der Waals surface area contributed by atoms with Crippen molar-refractivity contribution in [2.24, 2.45) is 0 Å². The first kappa shape index (κ1) is 13.9. The summed E-state index contributed by atoms with van der Waals surface area (Å²) < 4.78 is 0.